The molecule has 0 aliphatic rings. The number of amides is 1. The molecule has 0 aromatic heterocycles. The number of rotatable bonds is 9. The molecule has 0 saturated carbocycles. The molecule has 0 aliphatic heterocycles. The van der Waals surface area contributed by atoms with Gasteiger partial charge in [0.2, 0.25) is 0 Å². The van der Waals surface area contributed by atoms with Crippen molar-refractivity contribution < 1.29 is 39.4 Å². The Morgan fingerprint density at radius 2 is 1.79 bits per heavy atom. The molecule has 113 valence electrons. The summed E-state index contributed by atoms with van der Waals surface area (Å²) >= 11 is 3.09. The summed E-state index contributed by atoms with van der Waals surface area (Å²) in [6, 6.07) is 0. The summed E-state index contributed by atoms with van der Waals surface area (Å²) in [5.74, 6) is 0. The summed E-state index contributed by atoms with van der Waals surface area (Å²) in [4.78, 5) is 9.97. The Balaban J connectivity index is 3.70. The monoisotopic (exact) mass is 320 g/mol. The summed E-state index contributed by atoms with van der Waals surface area (Å²) in [7, 11) is 0. The van der Waals surface area contributed by atoms with Crippen LogP contribution < -0.4 is 0 Å². The normalized spacial score (nSPS) is 13.3. The van der Waals surface area contributed by atoms with Gasteiger partial charge in [-0.3, -0.25) is 0 Å². The molecule has 0 aliphatic carbocycles. The Morgan fingerprint density at radius 1 is 1.21 bits per heavy atom. The minimum absolute atomic E-state index is 0.248. The van der Waals surface area contributed by atoms with E-state index < -0.39 is 23.8 Å². The van der Waals surface area contributed by atoms with E-state index in [1.54, 1.807) is 0 Å². The van der Waals surface area contributed by atoms with Crippen LogP contribution in [0.2, 0.25) is 4.78 Å². The molecule has 0 rings (SSSR count). The standard InChI is InChI=1S/C12H21F3NO2.Cr/c1-2-3-4-5-6-7-8-9-10-16(11(17)18)12(13,14)15;/h4H,2-3,5-10H2,1H3,(H,17,18);. The maximum absolute atomic E-state index is 12.3. The van der Waals surface area contributed by atoms with E-state index in [0.717, 1.165) is 32.1 Å². The first-order valence-corrected chi connectivity index (χ1v) is 7.25. The van der Waals surface area contributed by atoms with Crippen molar-refractivity contribution in [1.82, 2.24) is 4.90 Å². The Labute approximate surface area is 120 Å². The maximum atomic E-state index is 12.3. The first-order valence-electron chi connectivity index (χ1n) is 6.52. The van der Waals surface area contributed by atoms with Crippen LogP contribution >= 0.6 is 0 Å². The number of nitrogens with zero attached hydrogens (tertiary/aromatic N) is 1. The minimum atomic E-state index is -4.80. The average molecular weight is 320 g/mol. The summed E-state index contributed by atoms with van der Waals surface area (Å²) in [6.07, 6.45) is -0.761. The molecule has 0 bridgehead atoms. The van der Waals surface area contributed by atoms with Gasteiger partial charge in [-0.05, 0) is 0 Å². The summed E-state index contributed by atoms with van der Waals surface area (Å²) in [5.41, 5.74) is 0. The fraction of sp³-hybridized carbons (Fsp3) is 0.917. The van der Waals surface area contributed by atoms with Crippen LogP contribution in [0.15, 0.2) is 0 Å². The van der Waals surface area contributed by atoms with E-state index >= 15 is 0 Å². The van der Waals surface area contributed by atoms with E-state index in [-0.39, 0.29) is 6.42 Å². The molecule has 0 heterocycles. The zero-order valence-electron chi connectivity index (χ0n) is 11.1. The van der Waals surface area contributed by atoms with Gasteiger partial charge in [0.25, 0.3) is 0 Å². The second kappa shape index (κ2) is 9.49. The second-order valence-electron chi connectivity index (χ2n) is 4.52. The van der Waals surface area contributed by atoms with E-state index in [1.807, 2.05) is 0 Å². The summed E-state index contributed by atoms with van der Waals surface area (Å²) < 4.78 is 37.4. The van der Waals surface area contributed by atoms with Crippen LogP contribution in [0.4, 0.5) is 18.0 Å². The summed E-state index contributed by atoms with van der Waals surface area (Å²) in [6.45, 7) is 1.64. The van der Waals surface area contributed by atoms with Gasteiger partial charge in [0, 0.05) is 0 Å². The van der Waals surface area contributed by atoms with Crippen LogP contribution in [0.25, 0.3) is 0 Å². The van der Waals surface area contributed by atoms with Crippen molar-refractivity contribution in [2.45, 2.75) is 62.9 Å². The van der Waals surface area contributed by atoms with Gasteiger partial charge in [-0.2, -0.15) is 0 Å². The van der Waals surface area contributed by atoms with Crippen LogP contribution in [0.1, 0.15) is 51.9 Å². The van der Waals surface area contributed by atoms with Gasteiger partial charge in [-0.15, -0.1) is 0 Å². The van der Waals surface area contributed by atoms with Gasteiger partial charge in [-0.1, -0.05) is 0 Å². The molecule has 0 radical (unpaired) electrons. The molecule has 0 aromatic carbocycles. The van der Waals surface area contributed by atoms with Crippen LogP contribution in [-0.2, 0) is 16.3 Å². The number of hydrogen-bond acceptors (Lipinski definition) is 1. The number of hydrogen-bond donors (Lipinski definition) is 1. The van der Waals surface area contributed by atoms with E-state index in [9.17, 15) is 18.0 Å². The van der Waals surface area contributed by atoms with Crippen molar-refractivity contribution in [1.29, 1.82) is 0 Å². The van der Waals surface area contributed by atoms with Crippen molar-refractivity contribution in [3.8, 4) is 0 Å². The quantitative estimate of drug-likeness (QED) is 0.499. The van der Waals surface area contributed by atoms with Gasteiger partial charge in [0.15, 0.2) is 0 Å². The van der Waals surface area contributed by atoms with Gasteiger partial charge >= 0.3 is 120 Å². The van der Waals surface area contributed by atoms with Crippen molar-refractivity contribution in [3.63, 3.8) is 0 Å². The second-order valence-corrected chi connectivity index (χ2v) is 5.56. The number of carbonyl (C=O) groups is 1. The van der Waals surface area contributed by atoms with Crippen molar-refractivity contribution in [2.75, 3.05) is 6.54 Å². The van der Waals surface area contributed by atoms with E-state index in [1.165, 1.54) is 0 Å². The Morgan fingerprint density at radius 3 is 2.26 bits per heavy atom. The van der Waals surface area contributed by atoms with Crippen LogP contribution in [0, 0.1) is 0 Å². The van der Waals surface area contributed by atoms with Crippen LogP contribution in [0.3, 0.4) is 0 Å². The number of alkyl halides is 3. The Bertz CT molecular complexity index is 262. The van der Waals surface area contributed by atoms with Gasteiger partial charge in [0.05, 0.1) is 0 Å². The van der Waals surface area contributed by atoms with Crippen LogP contribution in [-0.4, -0.2) is 28.9 Å². The molecule has 3 nitrogen and oxygen atoms in total. The molecule has 0 fully saturated rings. The van der Waals surface area contributed by atoms with E-state index in [0.29, 0.717) is 11.2 Å². The average Bonchev–Trinajstić information content (AvgIpc) is 2.25. The fourth-order valence-electron chi connectivity index (χ4n) is 1.79. The molecule has 0 saturated heterocycles. The topological polar surface area (TPSA) is 40.5 Å². The zero-order chi connectivity index (χ0) is 14.9. The molecule has 1 N–H and O–H groups in total. The third-order valence-electron chi connectivity index (χ3n) is 2.81. The molecule has 1 atom stereocenters. The molecular weight excluding hydrogens is 299 g/mol. The molecular formula is C12H21CrF3NO2. The van der Waals surface area contributed by atoms with E-state index in [2.05, 4.69) is 23.2 Å². The third-order valence-corrected chi connectivity index (χ3v) is 3.54. The predicted octanol–water partition coefficient (Wildman–Crippen LogP) is 4.57. The van der Waals surface area contributed by atoms with Crippen molar-refractivity contribution >= 4 is 6.09 Å². The third kappa shape index (κ3) is 9.17. The molecule has 0 aromatic rings. The molecule has 7 heteroatoms. The first kappa shape index (κ1) is 18.6. The molecule has 1 unspecified atom stereocenters. The van der Waals surface area contributed by atoms with Crippen molar-refractivity contribution in [3.05, 3.63) is 0 Å². The van der Waals surface area contributed by atoms with E-state index in [4.69, 9.17) is 5.11 Å². The number of carboxylic acid groups (broad SMARTS) is 1. The zero-order valence-corrected chi connectivity index (χ0v) is 12.4. The molecule has 1 amide bonds. The number of unbranched alkanes of at least 4 members (excludes halogenated alkanes) is 3. The van der Waals surface area contributed by atoms with Crippen LogP contribution in [0.5, 0.6) is 0 Å². The summed E-state index contributed by atoms with van der Waals surface area (Å²) in [5, 5.41) is 8.45. The Kier molecular flexibility index (Phi) is 9.29. The van der Waals surface area contributed by atoms with Crippen molar-refractivity contribution in [2.24, 2.45) is 0 Å². The first-order chi connectivity index (χ1) is 8.79. The fourth-order valence-corrected chi connectivity index (χ4v) is 2.42. The Hall–Kier alpha value is -0.408. The SMILES string of the molecule is CCC[CH]([Cr])CCCCCCN(C(=O)O)C(F)(F)F. The molecule has 0 spiro atoms. The van der Waals surface area contributed by atoms with Gasteiger partial charge < -0.3 is 0 Å². The van der Waals surface area contributed by atoms with Gasteiger partial charge in [-0.25, -0.2) is 0 Å². The number of halogens is 3. The predicted molar refractivity (Wildman–Crippen MR) is 62.5 cm³/mol. The van der Waals surface area contributed by atoms with Gasteiger partial charge in [0.1, 0.15) is 0 Å². The molecule has 19 heavy (non-hydrogen) atoms.